The summed E-state index contributed by atoms with van der Waals surface area (Å²) < 4.78 is 0. The molecular formula is C7H10Cl2. The van der Waals surface area contributed by atoms with Crippen LogP contribution < -0.4 is 0 Å². The van der Waals surface area contributed by atoms with E-state index in [-0.39, 0.29) is 5.38 Å². The number of hydrogen-bond acceptors (Lipinski definition) is 0. The molecule has 0 nitrogen and oxygen atoms in total. The number of hydrogen-bond donors (Lipinski definition) is 0. The van der Waals surface area contributed by atoms with Crippen LogP contribution in [0.4, 0.5) is 0 Å². The molecule has 1 aliphatic rings. The molecule has 0 radical (unpaired) electrons. The van der Waals surface area contributed by atoms with Crippen LogP contribution in [0.2, 0.25) is 0 Å². The lowest BCUT2D eigenvalue weighted by Gasteiger charge is -2.01. The molecule has 1 aliphatic carbocycles. The van der Waals surface area contributed by atoms with Crippen LogP contribution in [0.5, 0.6) is 0 Å². The van der Waals surface area contributed by atoms with E-state index < -0.39 is 0 Å². The fourth-order valence-electron chi connectivity index (χ4n) is 0.974. The molecule has 0 fully saturated rings. The summed E-state index contributed by atoms with van der Waals surface area (Å²) in [4.78, 5) is 0. The van der Waals surface area contributed by atoms with E-state index in [1.165, 1.54) is 12.8 Å². The maximum absolute atomic E-state index is 5.87. The van der Waals surface area contributed by atoms with Crippen LogP contribution in [0.3, 0.4) is 0 Å². The average molecular weight is 165 g/mol. The first kappa shape index (κ1) is 7.43. The molecular weight excluding hydrogens is 155 g/mol. The Morgan fingerprint density at radius 2 is 2.22 bits per heavy atom. The lowest BCUT2D eigenvalue weighted by atomic mass is 10.2. The largest absolute Gasteiger partial charge is 0.117 e. The molecule has 0 heterocycles. The first-order valence-corrected chi connectivity index (χ1v) is 4.12. The fourth-order valence-corrected chi connectivity index (χ4v) is 1.44. The van der Waals surface area contributed by atoms with Gasteiger partial charge in [-0.3, -0.25) is 0 Å². The molecule has 2 heteroatoms. The van der Waals surface area contributed by atoms with E-state index in [9.17, 15) is 0 Å². The normalized spacial score (nSPS) is 29.1. The van der Waals surface area contributed by atoms with Crippen molar-refractivity contribution in [1.29, 1.82) is 0 Å². The molecule has 9 heavy (non-hydrogen) atoms. The average Bonchev–Trinajstić information content (AvgIpc) is 1.99. The minimum absolute atomic E-state index is 0.0918. The van der Waals surface area contributed by atoms with Crippen LogP contribution >= 0.6 is 23.2 Å². The van der Waals surface area contributed by atoms with Crippen molar-refractivity contribution in [2.24, 2.45) is 0 Å². The second-order valence-electron chi connectivity index (χ2n) is 2.34. The molecule has 0 aromatic heterocycles. The third-order valence-electron chi connectivity index (χ3n) is 1.55. The topological polar surface area (TPSA) is 0 Å². The van der Waals surface area contributed by atoms with Crippen molar-refractivity contribution in [1.82, 2.24) is 0 Å². The van der Waals surface area contributed by atoms with E-state index in [1.807, 2.05) is 6.08 Å². The van der Waals surface area contributed by atoms with E-state index in [0.29, 0.717) is 0 Å². The summed E-state index contributed by atoms with van der Waals surface area (Å²) in [6.45, 7) is 0. The Hall–Kier alpha value is 0.320. The Kier molecular flexibility index (Phi) is 2.87. The van der Waals surface area contributed by atoms with Crippen molar-refractivity contribution < 1.29 is 0 Å². The summed E-state index contributed by atoms with van der Waals surface area (Å²) in [5.41, 5.74) is 0. The van der Waals surface area contributed by atoms with Gasteiger partial charge in [0.1, 0.15) is 0 Å². The second kappa shape index (κ2) is 3.48. The lowest BCUT2D eigenvalue weighted by Crippen LogP contribution is -1.94. The van der Waals surface area contributed by atoms with Gasteiger partial charge in [0.2, 0.25) is 0 Å². The summed E-state index contributed by atoms with van der Waals surface area (Å²) in [5.74, 6) is 0. The summed E-state index contributed by atoms with van der Waals surface area (Å²) in [6, 6.07) is 0. The quantitative estimate of drug-likeness (QED) is 0.483. The van der Waals surface area contributed by atoms with Gasteiger partial charge >= 0.3 is 0 Å². The third kappa shape index (κ3) is 2.19. The molecule has 0 aliphatic heterocycles. The Morgan fingerprint density at radius 1 is 1.44 bits per heavy atom. The van der Waals surface area contributed by atoms with E-state index in [0.717, 1.165) is 17.9 Å². The molecule has 52 valence electrons. The standard InChI is InChI=1S/C7H10Cl2/c8-6-4-2-1-3-5-7(6)9/h4,7H,1-3,5H2. The van der Waals surface area contributed by atoms with Crippen molar-refractivity contribution >= 4 is 23.2 Å². The SMILES string of the molecule is ClC1=CCCCCC1Cl. The van der Waals surface area contributed by atoms with Crippen molar-refractivity contribution in [3.05, 3.63) is 11.1 Å². The maximum atomic E-state index is 5.87. The minimum atomic E-state index is 0.0918. The molecule has 0 amide bonds. The van der Waals surface area contributed by atoms with Gasteiger partial charge in [0.15, 0.2) is 0 Å². The molecule has 1 atom stereocenters. The molecule has 1 rings (SSSR count). The minimum Gasteiger partial charge on any atom is -0.117 e. The third-order valence-corrected chi connectivity index (χ3v) is 2.53. The van der Waals surface area contributed by atoms with E-state index in [4.69, 9.17) is 23.2 Å². The van der Waals surface area contributed by atoms with Gasteiger partial charge in [-0.15, -0.1) is 11.6 Å². The number of allylic oxidation sites excluding steroid dienone is 2. The molecule has 0 aromatic carbocycles. The highest BCUT2D eigenvalue weighted by molar-refractivity contribution is 6.37. The van der Waals surface area contributed by atoms with Gasteiger partial charge in [0, 0.05) is 5.03 Å². The first-order chi connectivity index (χ1) is 4.30. The monoisotopic (exact) mass is 164 g/mol. The Morgan fingerprint density at radius 3 is 3.00 bits per heavy atom. The number of halogens is 2. The van der Waals surface area contributed by atoms with Gasteiger partial charge < -0.3 is 0 Å². The number of rotatable bonds is 0. The Balaban J connectivity index is 2.51. The van der Waals surface area contributed by atoms with Gasteiger partial charge in [-0.25, -0.2) is 0 Å². The smallest absolute Gasteiger partial charge is 0.0689 e. The lowest BCUT2D eigenvalue weighted by molar-refractivity contribution is 0.719. The van der Waals surface area contributed by atoms with Gasteiger partial charge in [0.05, 0.1) is 5.38 Å². The predicted octanol–water partition coefficient (Wildman–Crippen LogP) is 3.29. The summed E-state index contributed by atoms with van der Waals surface area (Å²) in [7, 11) is 0. The molecule has 0 saturated heterocycles. The molecule has 0 spiro atoms. The Labute approximate surface area is 65.8 Å². The molecule has 0 saturated carbocycles. The molecule has 0 N–H and O–H groups in total. The van der Waals surface area contributed by atoms with Crippen molar-refractivity contribution in [2.45, 2.75) is 31.1 Å². The van der Waals surface area contributed by atoms with Gasteiger partial charge in [-0.05, 0) is 19.3 Å². The highest BCUT2D eigenvalue weighted by atomic mass is 35.5. The zero-order chi connectivity index (χ0) is 6.69. The van der Waals surface area contributed by atoms with Crippen molar-refractivity contribution in [3.63, 3.8) is 0 Å². The van der Waals surface area contributed by atoms with Crippen molar-refractivity contribution in [2.75, 3.05) is 0 Å². The summed E-state index contributed by atoms with van der Waals surface area (Å²) >= 11 is 11.7. The highest BCUT2D eigenvalue weighted by Gasteiger charge is 2.10. The highest BCUT2D eigenvalue weighted by Crippen LogP contribution is 2.24. The summed E-state index contributed by atoms with van der Waals surface area (Å²) in [6.07, 6.45) is 6.62. The maximum Gasteiger partial charge on any atom is 0.0689 e. The first-order valence-electron chi connectivity index (χ1n) is 3.30. The van der Waals surface area contributed by atoms with Crippen LogP contribution in [0.15, 0.2) is 11.1 Å². The van der Waals surface area contributed by atoms with Gasteiger partial charge in [-0.2, -0.15) is 0 Å². The van der Waals surface area contributed by atoms with E-state index in [1.54, 1.807) is 0 Å². The van der Waals surface area contributed by atoms with E-state index >= 15 is 0 Å². The zero-order valence-corrected chi connectivity index (χ0v) is 6.75. The molecule has 0 aromatic rings. The fraction of sp³-hybridized carbons (Fsp3) is 0.714. The zero-order valence-electron chi connectivity index (χ0n) is 5.24. The van der Waals surface area contributed by atoms with Gasteiger partial charge in [0.25, 0.3) is 0 Å². The molecule has 1 unspecified atom stereocenters. The Bertz CT molecular complexity index is 118. The number of alkyl halides is 1. The van der Waals surface area contributed by atoms with Crippen LogP contribution in [0.25, 0.3) is 0 Å². The van der Waals surface area contributed by atoms with Crippen molar-refractivity contribution in [3.8, 4) is 0 Å². The van der Waals surface area contributed by atoms with Crippen LogP contribution in [0, 0.1) is 0 Å². The predicted molar refractivity (Wildman–Crippen MR) is 42.0 cm³/mol. The second-order valence-corrected chi connectivity index (χ2v) is 3.30. The van der Waals surface area contributed by atoms with Crippen LogP contribution in [-0.2, 0) is 0 Å². The van der Waals surface area contributed by atoms with Crippen LogP contribution in [-0.4, -0.2) is 5.38 Å². The van der Waals surface area contributed by atoms with Gasteiger partial charge in [-0.1, -0.05) is 24.1 Å². The van der Waals surface area contributed by atoms with Crippen LogP contribution in [0.1, 0.15) is 25.7 Å². The van der Waals surface area contributed by atoms with E-state index in [2.05, 4.69) is 0 Å². The summed E-state index contributed by atoms with van der Waals surface area (Å²) in [5, 5.41) is 0.934. The molecule has 0 bridgehead atoms.